The fraction of sp³-hybridized carbons (Fsp3) is 0.143. The van der Waals surface area contributed by atoms with Gasteiger partial charge in [0.2, 0.25) is 10.0 Å². The SMILES string of the molecule is CN(Cc1ccc(Cl)cc1)S(=O)(=O)c1ccc(Br)cc1N. The summed E-state index contributed by atoms with van der Waals surface area (Å²) in [5.41, 5.74) is 6.87. The van der Waals surface area contributed by atoms with Crippen LogP contribution in [0, 0.1) is 0 Å². The van der Waals surface area contributed by atoms with Gasteiger partial charge in [0.05, 0.1) is 5.69 Å². The molecule has 0 heterocycles. The third kappa shape index (κ3) is 3.77. The molecule has 2 aromatic carbocycles. The Morgan fingerprint density at radius 2 is 1.81 bits per heavy atom. The molecule has 0 atom stereocenters. The highest BCUT2D eigenvalue weighted by atomic mass is 79.9. The first kappa shape index (κ1) is 16.3. The summed E-state index contributed by atoms with van der Waals surface area (Å²) < 4.78 is 27.1. The molecule has 2 N–H and O–H groups in total. The third-order valence-electron chi connectivity index (χ3n) is 2.98. The van der Waals surface area contributed by atoms with Gasteiger partial charge in [-0.2, -0.15) is 4.31 Å². The van der Waals surface area contributed by atoms with Gasteiger partial charge in [-0.1, -0.05) is 39.7 Å². The monoisotopic (exact) mass is 388 g/mol. The minimum atomic E-state index is -3.64. The molecule has 2 aromatic rings. The average molecular weight is 390 g/mol. The summed E-state index contributed by atoms with van der Waals surface area (Å²) in [7, 11) is -2.12. The highest BCUT2D eigenvalue weighted by Crippen LogP contribution is 2.26. The smallest absolute Gasteiger partial charge is 0.245 e. The van der Waals surface area contributed by atoms with Crippen molar-refractivity contribution in [2.24, 2.45) is 0 Å². The summed E-state index contributed by atoms with van der Waals surface area (Å²) >= 11 is 9.08. The molecule has 0 bridgehead atoms. The molecule has 0 aromatic heterocycles. The molecule has 0 unspecified atom stereocenters. The van der Waals surface area contributed by atoms with Crippen LogP contribution < -0.4 is 5.73 Å². The molecule has 0 aliphatic rings. The fourth-order valence-corrected chi connectivity index (χ4v) is 3.61. The van der Waals surface area contributed by atoms with Crippen molar-refractivity contribution in [3.8, 4) is 0 Å². The number of anilines is 1. The van der Waals surface area contributed by atoms with Crippen molar-refractivity contribution in [3.63, 3.8) is 0 Å². The summed E-state index contributed by atoms with van der Waals surface area (Å²) in [6, 6.07) is 11.8. The van der Waals surface area contributed by atoms with Crippen molar-refractivity contribution in [2.75, 3.05) is 12.8 Å². The maximum atomic E-state index is 12.5. The van der Waals surface area contributed by atoms with E-state index in [4.69, 9.17) is 17.3 Å². The Hall–Kier alpha value is -1.08. The number of hydrogen-bond acceptors (Lipinski definition) is 3. The first-order valence-corrected chi connectivity index (χ1v) is 8.67. The molecular weight excluding hydrogens is 376 g/mol. The fourth-order valence-electron chi connectivity index (χ4n) is 1.85. The second-order valence-corrected chi connectivity index (χ2v) is 7.94. The van der Waals surface area contributed by atoms with E-state index in [1.54, 1.807) is 36.4 Å². The molecule has 112 valence electrons. The van der Waals surface area contributed by atoms with Crippen LogP contribution in [0.5, 0.6) is 0 Å². The van der Waals surface area contributed by atoms with E-state index in [0.29, 0.717) is 5.02 Å². The molecule has 0 fully saturated rings. The van der Waals surface area contributed by atoms with Gasteiger partial charge in [0.15, 0.2) is 0 Å². The van der Waals surface area contributed by atoms with Crippen molar-refractivity contribution in [2.45, 2.75) is 11.4 Å². The van der Waals surface area contributed by atoms with Crippen LogP contribution in [0.1, 0.15) is 5.56 Å². The second-order valence-electron chi connectivity index (χ2n) is 4.57. The first-order chi connectivity index (χ1) is 9.80. The minimum Gasteiger partial charge on any atom is -0.398 e. The van der Waals surface area contributed by atoms with Gasteiger partial charge in [-0.25, -0.2) is 8.42 Å². The van der Waals surface area contributed by atoms with E-state index in [2.05, 4.69) is 15.9 Å². The predicted molar refractivity (Wildman–Crippen MR) is 88.7 cm³/mol. The second kappa shape index (κ2) is 6.36. The molecule has 2 rings (SSSR count). The standard InChI is InChI=1S/C14H14BrClN2O2S/c1-18(9-10-2-5-12(16)6-3-10)21(19,20)14-7-4-11(15)8-13(14)17/h2-8H,9,17H2,1H3. The van der Waals surface area contributed by atoms with Crippen molar-refractivity contribution in [1.82, 2.24) is 4.31 Å². The van der Waals surface area contributed by atoms with Crippen LogP contribution in [0.4, 0.5) is 5.69 Å². The third-order valence-corrected chi connectivity index (χ3v) is 5.60. The van der Waals surface area contributed by atoms with Crippen LogP contribution in [-0.2, 0) is 16.6 Å². The quantitative estimate of drug-likeness (QED) is 0.814. The Bertz CT molecular complexity index is 748. The average Bonchev–Trinajstić information content (AvgIpc) is 2.40. The molecule has 0 spiro atoms. The summed E-state index contributed by atoms with van der Waals surface area (Å²) in [5.74, 6) is 0. The molecule has 7 heteroatoms. The predicted octanol–water partition coefficient (Wildman–Crippen LogP) is 3.51. The van der Waals surface area contributed by atoms with Gasteiger partial charge in [-0.05, 0) is 35.9 Å². The number of rotatable bonds is 4. The normalized spacial score (nSPS) is 11.8. The number of hydrogen-bond donors (Lipinski definition) is 1. The largest absolute Gasteiger partial charge is 0.398 e. The van der Waals surface area contributed by atoms with Crippen molar-refractivity contribution in [3.05, 3.63) is 57.5 Å². The van der Waals surface area contributed by atoms with Crippen LogP contribution in [0.15, 0.2) is 51.8 Å². The Balaban J connectivity index is 2.28. The lowest BCUT2D eigenvalue weighted by molar-refractivity contribution is 0.467. The van der Waals surface area contributed by atoms with Crippen LogP contribution in [0.3, 0.4) is 0 Å². The van der Waals surface area contributed by atoms with Crippen molar-refractivity contribution in [1.29, 1.82) is 0 Å². The number of nitrogens with zero attached hydrogens (tertiary/aromatic N) is 1. The molecule has 4 nitrogen and oxygen atoms in total. The summed E-state index contributed by atoms with van der Waals surface area (Å²) in [6.45, 7) is 0.245. The van der Waals surface area contributed by atoms with E-state index >= 15 is 0 Å². The highest BCUT2D eigenvalue weighted by molar-refractivity contribution is 9.10. The van der Waals surface area contributed by atoms with Crippen molar-refractivity contribution < 1.29 is 8.42 Å². The lowest BCUT2D eigenvalue weighted by atomic mass is 10.2. The van der Waals surface area contributed by atoms with E-state index in [9.17, 15) is 8.42 Å². The molecule has 0 saturated carbocycles. The van der Waals surface area contributed by atoms with E-state index in [1.807, 2.05) is 0 Å². The van der Waals surface area contributed by atoms with Crippen LogP contribution >= 0.6 is 27.5 Å². The van der Waals surface area contributed by atoms with Gasteiger partial charge in [-0.15, -0.1) is 0 Å². The van der Waals surface area contributed by atoms with E-state index in [-0.39, 0.29) is 17.1 Å². The van der Waals surface area contributed by atoms with Gasteiger partial charge in [0.25, 0.3) is 0 Å². The maximum absolute atomic E-state index is 12.5. The minimum absolute atomic E-state index is 0.0992. The highest BCUT2D eigenvalue weighted by Gasteiger charge is 2.23. The Kier molecular flexibility index (Phi) is 4.93. The summed E-state index contributed by atoms with van der Waals surface area (Å²) in [4.78, 5) is 0.0992. The lowest BCUT2D eigenvalue weighted by Crippen LogP contribution is -2.27. The van der Waals surface area contributed by atoms with Crippen LogP contribution in [0.2, 0.25) is 5.02 Å². The molecule has 0 aliphatic heterocycles. The van der Waals surface area contributed by atoms with E-state index in [1.165, 1.54) is 17.4 Å². The Labute approximate surface area is 137 Å². The molecule has 0 amide bonds. The van der Waals surface area contributed by atoms with Gasteiger partial charge >= 0.3 is 0 Å². The number of nitrogens with two attached hydrogens (primary N) is 1. The Morgan fingerprint density at radius 1 is 1.19 bits per heavy atom. The van der Waals surface area contributed by atoms with Gasteiger partial charge < -0.3 is 5.73 Å². The van der Waals surface area contributed by atoms with E-state index in [0.717, 1.165) is 10.0 Å². The molecular formula is C14H14BrClN2O2S. The number of benzene rings is 2. The molecule has 21 heavy (non-hydrogen) atoms. The Morgan fingerprint density at radius 3 is 2.38 bits per heavy atom. The molecule has 0 saturated heterocycles. The first-order valence-electron chi connectivity index (χ1n) is 6.06. The zero-order valence-electron chi connectivity index (χ0n) is 11.3. The number of sulfonamides is 1. The topological polar surface area (TPSA) is 63.4 Å². The molecule has 0 radical (unpaired) electrons. The van der Waals surface area contributed by atoms with Gasteiger partial charge in [-0.3, -0.25) is 0 Å². The van der Waals surface area contributed by atoms with Gasteiger partial charge in [0, 0.05) is 23.1 Å². The molecule has 0 aliphatic carbocycles. The summed E-state index contributed by atoms with van der Waals surface area (Å²) in [6.07, 6.45) is 0. The van der Waals surface area contributed by atoms with Gasteiger partial charge in [0.1, 0.15) is 4.90 Å². The lowest BCUT2D eigenvalue weighted by Gasteiger charge is -2.18. The zero-order chi connectivity index (χ0) is 15.6. The van der Waals surface area contributed by atoms with Crippen LogP contribution in [-0.4, -0.2) is 19.8 Å². The zero-order valence-corrected chi connectivity index (χ0v) is 14.4. The number of halogens is 2. The van der Waals surface area contributed by atoms with E-state index < -0.39 is 10.0 Å². The number of nitrogen functional groups attached to an aromatic ring is 1. The van der Waals surface area contributed by atoms with Crippen molar-refractivity contribution >= 4 is 43.2 Å². The maximum Gasteiger partial charge on any atom is 0.245 e. The summed E-state index contributed by atoms with van der Waals surface area (Å²) in [5, 5.41) is 0.612. The van der Waals surface area contributed by atoms with Crippen LogP contribution in [0.25, 0.3) is 0 Å².